The molecule has 2 nitrogen and oxygen atoms in total. The predicted molar refractivity (Wildman–Crippen MR) is 131 cm³/mol. The highest BCUT2D eigenvalue weighted by Gasteiger charge is 2.55. The summed E-state index contributed by atoms with van der Waals surface area (Å²) >= 11 is 0. The van der Waals surface area contributed by atoms with Crippen molar-refractivity contribution in [3.63, 3.8) is 0 Å². The lowest BCUT2D eigenvalue weighted by atomic mass is 9.69. The van der Waals surface area contributed by atoms with E-state index in [0.717, 1.165) is 18.7 Å². The SMILES string of the molecule is CCC[C@@]1(C2=N[C@@H](C(C)C)CO2)c2ccccc2C=C[C@@H]1[Si](C)(C)c1ccccc1. The maximum Gasteiger partial charge on any atom is 0.195 e. The summed E-state index contributed by atoms with van der Waals surface area (Å²) in [5.41, 5.74) is 2.93. The van der Waals surface area contributed by atoms with Gasteiger partial charge in [0, 0.05) is 0 Å². The van der Waals surface area contributed by atoms with Crippen molar-refractivity contribution < 1.29 is 4.74 Å². The first-order valence-corrected chi connectivity index (χ1v) is 14.5. The molecule has 0 N–H and O–H groups in total. The number of benzene rings is 2. The molecule has 0 saturated heterocycles. The lowest BCUT2D eigenvalue weighted by molar-refractivity contribution is 0.264. The Morgan fingerprint density at radius 1 is 1.07 bits per heavy atom. The van der Waals surface area contributed by atoms with Gasteiger partial charge in [-0.1, -0.05) is 112 Å². The molecule has 2 aliphatic rings. The third-order valence-electron chi connectivity index (χ3n) is 7.21. The monoisotopic (exact) mass is 417 g/mol. The highest BCUT2D eigenvalue weighted by molar-refractivity contribution is 6.91. The Morgan fingerprint density at radius 3 is 2.43 bits per heavy atom. The van der Waals surface area contributed by atoms with Crippen LogP contribution in [0.15, 0.2) is 65.7 Å². The lowest BCUT2D eigenvalue weighted by Crippen LogP contribution is -2.56. The van der Waals surface area contributed by atoms with Gasteiger partial charge in [0.15, 0.2) is 5.90 Å². The van der Waals surface area contributed by atoms with Crippen molar-refractivity contribution in [2.45, 2.75) is 63.7 Å². The fourth-order valence-corrected chi connectivity index (χ4v) is 9.14. The van der Waals surface area contributed by atoms with Crippen LogP contribution in [0.3, 0.4) is 0 Å². The van der Waals surface area contributed by atoms with Crippen LogP contribution >= 0.6 is 0 Å². The van der Waals surface area contributed by atoms with Gasteiger partial charge >= 0.3 is 0 Å². The number of allylic oxidation sites excluding steroid dienone is 1. The van der Waals surface area contributed by atoms with E-state index in [-0.39, 0.29) is 11.5 Å². The third kappa shape index (κ3) is 3.37. The summed E-state index contributed by atoms with van der Waals surface area (Å²) in [6.45, 7) is 12.6. The zero-order valence-electron chi connectivity index (χ0n) is 19.1. The lowest BCUT2D eigenvalue weighted by Gasteiger charge is -2.48. The van der Waals surface area contributed by atoms with E-state index in [9.17, 15) is 0 Å². The molecule has 0 saturated carbocycles. The Labute approximate surface area is 183 Å². The van der Waals surface area contributed by atoms with E-state index in [1.54, 1.807) is 0 Å². The second-order valence-electron chi connectivity index (χ2n) is 9.79. The van der Waals surface area contributed by atoms with Gasteiger partial charge in [-0.05, 0) is 29.0 Å². The van der Waals surface area contributed by atoms with Gasteiger partial charge in [0.1, 0.15) is 6.61 Å². The van der Waals surface area contributed by atoms with Crippen LogP contribution in [0.5, 0.6) is 0 Å². The van der Waals surface area contributed by atoms with Gasteiger partial charge in [0.2, 0.25) is 0 Å². The van der Waals surface area contributed by atoms with Crippen molar-refractivity contribution >= 4 is 25.2 Å². The highest BCUT2D eigenvalue weighted by atomic mass is 28.3. The van der Waals surface area contributed by atoms with Crippen molar-refractivity contribution in [3.05, 3.63) is 71.8 Å². The molecule has 0 bridgehead atoms. The minimum absolute atomic E-state index is 0.185. The zero-order valence-corrected chi connectivity index (χ0v) is 20.1. The molecular formula is C27H35NOSi. The molecule has 1 aliphatic heterocycles. The molecule has 3 atom stereocenters. The summed E-state index contributed by atoms with van der Waals surface area (Å²) in [7, 11) is -1.88. The van der Waals surface area contributed by atoms with Gasteiger partial charge in [-0.25, -0.2) is 4.99 Å². The van der Waals surface area contributed by atoms with E-state index in [2.05, 4.69) is 101 Å². The molecule has 4 rings (SSSR count). The maximum atomic E-state index is 6.48. The third-order valence-corrected chi connectivity index (χ3v) is 11.3. The van der Waals surface area contributed by atoms with Crippen LogP contribution in [0.25, 0.3) is 6.08 Å². The Hall–Kier alpha value is -2.13. The Balaban J connectivity index is 1.94. The van der Waals surface area contributed by atoms with E-state index in [1.165, 1.54) is 16.3 Å². The van der Waals surface area contributed by atoms with Crippen LogP contribution in [0.2, 0.25) is 18.6 Å². The van der Waals surface area contributed by atoms with Crippen LogP contribution in [-0.4, -0.2) is 26.6 Å². The normalized spacial score (nSPS) is 25.7. The summed E-state index contributed by atoms with van der Waals surface area (Å²) in [5, 5.41) is 1.50. The van der Waals surface area contributed by atoms with E-state index >= 15 is 0 Å². The smallest absolute Gasteiger partial charge is 0.195 e. The molecule has 2 aromatic rings. The van der Waals surface area contributed by atoms with Crippen LogP contribution in [0.4, 0.5) is 0 Å². The summed E-state index contributed by atoms with van der Waals surface area (Å²) in [4.78, 5) is 5.24. The molecule has 3 heteroatoms. The second-order valence-corrected chi connectivity index (χ2v) is 14.4. The van der Waals surface area contributed by atoms with Gasteiger partial charge < -0.3 is 4.74 Å². The standard InChI is InChI=1S/C27H35NOSi/c1-6-18-27(26-28-24(19-29-26)20(2)3)23-15-11-10-12-21(23)16-17-25(27)30(4,5)22-13-8-7-9-14-22/h7-17,20,24-25H,6,18-19H2,1-5H3/t24-,25+,27-/m1/s1. The number of ether oxygens (including phenoxy) is 1. The molecule has 1 heterocycles. The van der Waals surface area contributed by atoms with Gasteiger partial charge in [0.05, 0.1) is 19.5 Å². The average Bonchev–Trinajstić information content (AvgIpc) is 3.26. The van der Waals surface area contributed by atoms with Crippen LogP contribution in [0.1, 0.15) is 44.7 Å². The molecule has 1 aliphatic carbocycles. The van der Waals surface area contributed by atoms with Crippen LogP contribution in [-0.2, 0) is 10.2 Å². The number of hydrogen-bond donors (Lipinski definition) is 0. The van der Waals surface area contributed by atoms with Gasteiger partial charge in [-0.3, -0.25) is 0 Å². The zero-order chi connectivity index (χ0) is 21.4. The Bertz CT molecular complexity index is 946. The number of fused-ring (bicyclic) bond motifs is 1. The van der Waals surface area contributed by atoms with Crippen molar-refractivity contribution in [2.75, 3.05) is 6.61 Å². The number of aliphatic imine (C=N–C) groups is 1. The van der Waals surface area contributed by atoms with Crippen molar-refractivity contribution in [1.82, 2.24) is 0 Å². The fourth-order valence-electron chi connectivity index (χ4n) is 5.50. The largest absolute Gasteiger partial charge is 0.478 e. The van der Waals surface area contributed by atoms with E-state index in [4.69, 9.17) is 9.73 Å². The van der Waals surface area contributed by atoms with E-state index < -0.39 is 8.07 Å². The first kappa shape index (κ1) is 21.1. The molecule has 30 heavy (non-hydrogen) atoms. The minimum Gasteiger partial charge on any atom is -0.478 e. The van der Waals surface area contributed by atoms with E-state index in [0.29, 0.717) is 18.1 Å². The first-order valence-electron chi connectivity index (χ1n) is 11.5. The van der Waals surface area contributed by atoms with Crippen molar-refractivity contribution in [3.8, 4) is 0 Å². The van der Waals surface area contributed by atoms with Gasteiger partial charge in [-0.2, -0.15) is 0 Å². The predicted octanol–water partition coefficient (Wildman–Crippen LogP) is 6.19. The Morgan fingerprint density at radius 2 is 1.77 bits per heavy atom. The molecule has 0 amide bonds. The molecule has 0 aromatic heterocycles. The molecule has 158 valence electrons. The highest BCUT2D eigenvalue weighted by Crippen LogP contribution is 2.53. The molecule has 0 fully saturated rings. The fraction of sp³-hybridized carbons (Fsp3) is 0.444. The summed E-state index contributed by atoms with van der Waals surface area (Å²) < 4.78 is 6.48. The van der Waals surface area contributed by atoms with Crippen LogP contribution in [0, 0.1) is 5.92 Å². The summed E-state index contributed by atoms with van der Waals surface area (Å²) in [5.74, 6) is 1.48. The molecular weight excluding hydrogens is 382 g/mol. The van der Waals surface area contributed by atoms with Gasteiger partial charge in [0.25, 0.3) is 0 Å². The molecule has 0 unspecified atom stereocenters. The second kappa shape index (κ2) is 8.18. The molecule has 2 aromatic carbocycles. The molecule has 0 spiro atoms. The van der Waals surface area contributed by atoms with Gasteiger partial charge in [-0.15, -0.1) is 0 Å². The number of hydrogen-bond acceptors (Lipinski definition) is 2. The summed E-state index contributed by atoms with van der Waals surface area (Å²) in [6, 6.07) is 20.3. The van der Waals surface area contributed by atoms with E-state index in [1.807, 2.05) is 0 Å². The minimum atomic E-state index is -1.88. The van der Waals surface area contributed by atoms with Crippen molar-refractivity contribution in [2.24, 2.45) is 10.9 Å². The quantitative estimate of drug-likeness (QED) is 0.514. The Kier molecular flexibility index (Phi) is 5.76. The number of rotatable bonds is 6. The number of nitrogens with zero attached hydrogens (tertiary/aromatic N) is 1. The topological polar surface area (TPSA) is 21.6 Å². The van der Waals surface area contributed by atoms with Crippen molar-refractivity contribution in [1.29, 1.82) is 0 Å². The maximum absolute atomic E-state index is 6.48. The summed E-state index contributed by atoms with van der Waals surface area (Å²) in [6.07, 6.45) is 7.01. The average molecular weight is 418 g/mol. The first-order chi connectivity index (χ1) is 14.4. The molecule has 0 radical (unpaired) electrons. The van der Waals surface area contributed by atoms with Crippen LogP contribution < -0.4 is 5.19 Å².